The van der Waals surface area contributed by atoms with Gasteiger partial charge >= 0.3 is 5.97 Å². The molecule has 0 aliphatic heterocycles. The van der Waals surface area contributed by atoms with Gasteiger partial charge in [-0.2, -0.15) is 0 Å². The predicted octanol–water partition coefficient (Wildman–Crippen LogP) is 2.46. The number of hydrogen-bond acceptors (Lipinski definition) is 4. The number of H-pyrrole nitrogens is 2. The van der Waals surface area contributed by atoms with E-state index in [1.807, 2.05) is 24.3 Å². The molecule has 1 aromatic carbocycles. The Labute approximate surface area is 115 Å². The third-order valence-electron chi connectivity index (χ3n) is 2.75. The first kappa shape index (κ1) is 13.4. The van der Waals surface area contributed by atoms with Gasteiger partial charge in [-0.1, -0.05) is 18.2 Å². The first-order valence-electron chi connectivity index (χ1n) is 5.67. The Morgan fingerprint density at radius 1 is 1.26 bits per heavy atom. The molecule has 1 heterocycles. The fourth-order valence-electron chi connectivity index (χ4n) is 1.87. The highest BCUT2D eigenvalue weighted by Crippen LogP contribution is 2.21. The van der Waals surface area contributed by atoms with Gasteiger partial charge in [-0.15, -0.1) is 0 Å². The summed E-state index contributed by atoms with van der Waals surface area (Å²) in [5.41, 5.74) is 1.99. The van der Waals surface area contributed by atoms with E-state index in [1.165, 1.54) is 7.11 Å². The second-order valence-corrected chi connectivity index (χ2v) is 4.32. The molecule has 0 fully saturated rings. The molecule has 2 aromatic rings. The summed E-state index contributed by atoms with van der Waals surface area (Å²) in [5.74, 6) is 0.316. The highest BCUT2D eigenvalue weighted by atomic mass is 32.1. The summed E-state index contributed by atoms with van der Waals surface area (Å²) in [6, 6.07) is 7.61. The van der Waals surface area contributed by atoms with Crippen LogP contribution in [-0.4, -0.2) is 30.2 Å². The van der Waals surface area contributed by atoms with E-state index in [0.29, 0.717) is 22.6 Å². The highest BCUT2D eigenvalue weighted by molar-refractivity contribution is 7.71. The van der Waals surface area contributed by atoms with Crippen molar-refractivity contribution in [3.05, 3.63) is 46.0 Å². The number of carbonyl (C=O) groups is 1. The van der Waals surface area contributed by atoms with Crippen LogP contribution in [0.1, 0.15) is 21.7 Å². The van der Waals surface area contributed by atoms with Gasteiger partial charge in [0.25, 0.3) is 0 Å². The van der Waals surface area contributed by atoms with Gasteiger partial charge in [-0.3, -0.25) is 0 Å². The van der Waals surface area contributed by atoms with Crippen molar-refractivity contribution in [1.82, 2.24) is 9.97 Å². The number of imidazole rings is 1. The second-order valence-electron chi connectivity index (χ2n) is 3.91. The average Bonchev–Trinajstić information content (AvgIpc) is 2.79. The highest BCUT2D eigenvalue weighted by Gasteiger charge is 2.16. The molecule has 0 radical (unpaired) electrons. The Kier molecular flexibility index (Phi) is 4.01. The number of benzene rings is 1. The Hall–Kier alpha value is -2.08. The molecule has 0 spiro atoms. The van der Waals surface area contributed by atoms with Crippen LogP contribution in [0.4, 0.5) is 0 Å². The fourth-order valence-corrected chi connectivity index (χ4v) is 2.09. The Morgan fingerprint density at radius 2 is 2.00 bits per heavy atom. The summed E-state index contributed by atoms with van der Waals surface area (Å²) in [4.78, 5) is 17.4. The molecular weight excluding hydrogens is 264 g/mol. The standard InChI is InChI=1S/C13H14N2O3S/c1-17-10-6-4-3-5-8(10)7-9-11(12(16)18-2)15-13(19)14-9/h3-6H,7H2,1-2H3,(H2,14,15,19). The maximum Gasteiger partial charge on any atom is 0.356 e. The fraction of sp³-hybridized carbons (Fsp3) is 0.231. The summed E-state index contributed by atoms with van der Waals surface area (Å²) in [7, 11) is 2.94. The first-order chi connectivity index (χ1) is 9.15. The van der Waals surface area contributed by atoms with Crippen LogP contribution < -0.4 is 4.74 Å². The monoisotopic (exact) mass is 278 g/mol. The van der Waals surface area contributed by atoms with Crippen LogP contribution in [-0.2, 0) is 11.2 Å². The van der Waals surface area contributed by atoms with Crippen LogP contribution >= 0.6 is 12.2 Å². The maximum absolute atomic E-state index is 11.6. The zero-order chi connectivity index (χ0) is 13.8. The van der Waals surface area contributed by atoms with Gasteiger partial charge < -0.3 is 19.4 Å². The van der Waals surface area contributed by atoms with E-state index in [0.717, 1.165) is 11.3 Å². The quantitative estimate of drug-likeness (QED) is 0.666. The summed E-state index contributed by atoms with van der Waals surface area (Å²) >= 11 is 5.01. The summed E-state index contributed by atoms with van der Waals surface area (Å²) in [6.07, 6.45) is 0.502. The minimum atomic E-state index is -0.447. The molecule has 0 saturated carbocycles. The lowest BCUT2D eigenvalue weighted by atomic mass is 10.1. The van der Waals surface area contributed by atoms with Gasteiger partial charge in [-0.05, 0) is 18.3 Å². The molecule has 0 atom stereocenters. The number of para-hydroxylation sites is 1. The van der Waals surface area contributed by atoms with E-state index in [4.69, 9.17) is 21.7 Å². The molecule has 0 unspecified atom stereocenters. The van der Waals surface area contributed by atoms with Crippen LogP contribution in [0.2, 0.25) is 0 Å². The van der Waals surface area contributed by atoms with Crippen LogP contribution in [0.25, 0.3) is 0 Å². The van der Waals surface area contributed by atoms with E-state index in [-0.39, 0.29) is 0 Å². The lowest BCUT2D eigenvalue weighted by Gasteiger charge is -2.07. The molecular formula is C13H14N2O3S. The molecule has 0 aliphatic rings. The topological polar surface area (TPSA) is 67.1 Å². The van der Waals surface area contributed by atoms with Gasteiger partial charge in [0, 0.05) is 12.0 Å². The van der Waals surface area contributed by atoms with Gasteiger partial charge in [-0.25, -0.2) is 4.79 Å². The van der Waals surface area contributed by atoms with Crippen molar-refractivity contribution in [2.24, 2.45) is 0 Å². The number of hydrogen-bond donors (Lipinski definition) is 2. The van der Waals surface area contributed by atoms with Crippen molar-refractivity contribution in [3.8, 4) is 5.75 Å². The number of methoxy groups -OCH3 is 2. The van der Waals surface area contributed by atoms with Gasteiger partial charge in [0.05, 0.1) is 19.9 Å². The minimum Gasteiger partial charge on any atom is -0.496 e. The molecule has 1 aromatic heterocycles. The van der Waals surface area contributed by atoms with Gasteiger partial charge in [0.2, 0.25) is 0 Å². The lowest BCUT2D eigenvalue weighted by molar-refractivity contribution is 0.0593. The largest absolute Gasteiger partial charge is 0.496 e. The molecule has 6 heteroatoms. The lowest BCUT2D eigenvalue weighted by Crippen LogP contribution is -2.06. The summed E-state index contributed by atoms with van der Waals surface area (Å²) in [5, 5.41) is 0. The normalized spacial score (nSPS) is 10.2. The molecule has 0 amide bonds. The SMILES string of the molecule is COC(=O)c1[nH]c(=S)[nH]c1Cc1ccccc1OC. The van der Waals surface area contributed by atoms with Crippen molar-refractivity contribution < 1.29 is 14.3 Å². The van der Waals surface area contributed by atoms with Gasteiger partial charge in [0.1, 0.15) is 11.4 Å². The van der Waals surface area contributed by atoms with E-state index >= 15 is 0 Å². The smallest absolute Gasteiger partial charge is 0.356 e. The Morgan fingerprint density at radius 3 is 2.68 bits per heavy atom. The molecule has 19 heavy (non-hydrogen) atoms. The number of aromatic amines is 2. The zero-order valence-electron chi connectivity index (χ0n) is 10.6. The Balaban J connectivity index is 2.38. The molecule has 0 aliphatic carbocycles. The van der Waals surface area contributed by atoms with Crippen LogP contribution in [0.3, 0.4) is 0 Å². The number of nitrogens with one attached hydrogen (secondary N) is 2. The van der Waals surface area contributed by atoms with E-state index in [9.17, 15) is 4.79 Å². The number of esters is 1. The third-order valence-corrected chi connectivity index (χ3v) is 2.96. The summed E-state index contributed by atoms with van der Waals surface area (Å²) in [6.45, 7) is 0. The maximum atomic E-state index is 11.6. The van der Waals surface area contributed by atoms with Gasteiger partial charge in [0.15, 0.2) is 4.77 Å². The van der Waals surface area contributed by atoms with Crippen molar-refractivity contribution in [3.63, 3.8) is 0 Å². The second kappa shape index (κ2) is 5.71. The molecule has 0 saturated heterocycles. The zero-order valence-corrected chi connectivity index (χ0v) is 11.5. The van der Waals surface area contributed by atoms with Crippen LogP contribution in [0.5, 0.6) is 5.75 Å². The van der Waals surface area contributed by atoms with Crippen molar-refractivity contribution in [1.29, 1.82) is 0 Å². The summed E-state index contributed by atoms with van der Waals surface area (Å²) < 4.78 is 10.4. The number of ether oxygens (including phenoxy) is 2. The number of aromatic nitrogens is 2. The number of carbonyl (C=O) groups excluding carboxylic acids is 1. The van der Waals surface area contributed by atoms with E-state index < -0.39 is 5.97 Å². The number of rotatable bonds is 4. The molecule has 2 N–H and O–H groups in total. The van der Waals surface area contributed by atoms with Crippen molar-refractivity contribution in [2.75, 3.05) is 14.2 Å². The minimum absolute atomic E-state index is 0.346. The van der Waals surface area contributed by atoms with Crippen molar-refractivity contribution in [2.45, 2.75) is 6.42 Å². The third kappa shape index (κ3) is 2.85. The molecule has 100 valence electrons. The molecule has 2 rings (SSSR count). The molecule has 5 nitrogen and oxygen atoms in total. The van der Waals surface area contributed by atoms with E-state index in [2.05, 4.69) is 9.97 Å². The van der Waals surface area contributed by atoms with Crippen LogP contribution in [0, 0.1) is 4.77 Å². The van der Waals surface area contributed by atoms with Crippen molar-refractivity contribution >= 4 is 18.2 Å². The predicted molar refractivity (Wildman–Crippen MR) is 73.1 cm³/mol. The molecule has 0 bridgehead atoms. The Bertz CT molecular complexity index is 645. The average molecular weight is 278 g/mol. The van der Waals surface area contributed by atoms with E-state index in [1.54, 1.807) is 7.11 Å². The van der Waals surface area contributed by atoms with Crippen LogP contribution in [0.15, 0.2) is 24.3 Å². The first-order valence-corrected chi connectivity index (χ1v) is 6.08.